The van der Waals surface area contributed by atoms with Gasteiger partial charge in [0.2, 0.25) is 11.8 Å². The SMILES string of the molecule is CC(=O)N1CC(C(=O)N2CCCC2)C1. The van der Waals surface area contributed by atoms with Crippen molar-refractivity contribution >= 4 is 11.8 Å². The Labute approximate surface area is 83.9 Å². The third-order valence-electron chi connectivity index (χ3n) is 3.09. The fourth-order valence-corrected chi connectivity index (χ4v) is 2.09. The molecule has 0 aliphatic carbocycles. The van der Waals surface area contributed by atoms with Crippen LogP contribution in [-0.2, 0) is 9.59 Å². The zero-order valence-corrected chi connectivity index (χ0v) is 8.53. The van der Waals surface area contributed by atoms with Gasteiger partial charge >= 0.3 is 0 Å². The number of amides is 2. The van der Waals surface area contributed by atoms with Gasteiger partial charge in [-0.05, 0) is 12.8 Å². The summed E-state index contributed by atoms with van der Waals surface area (Å²) in [4.78, 5) is 26.4. The van der Waals surface area contributed by atoms with Gasteiger partial charge in [-0.1, -0.05) is 0 Å². The number of nitrogens with zero attached hydrogens (tertiary/aromatic N) is 2. The van der Waals surface area contributed by atoms with Crippen molar-refractivity contribution < 1.29 is 9.59 Å². The fourth-order valence-electron chi connectivity index (χ4n) is 2.09. The lowest BCUT2D eigenvalue weighted by atomic mass is 9.98. The van der Waals surface area contributed by atoms with E-state index in [1.54, 1.807) is 11.8 Å². The second-order valence-corrected chi connectivity index (χ2v) is 4.15. The molecule has 0 unspecified atom stereocenters. The van der Waals surface area contributed by atoms with Crippen LogP contribution in [0, 0.1) is 5.92 Å². The van der Waals surface area contributed by atoms with Gasteiger partial charge in [-0.3, -0.25) is 9.59 Å². The van der Waals surface area contributed by atoms with Gasteiger partial charge in [-0.15, -0.1) is 0 Å². The molecule has 0 radical (unpaired) electrons. The molecular weight excluding hydrogens is 180 g/mol. The molecule has 0 bridgehead atoms. The molecule has 2 saturated heterocycles. The summed E-state index contributed by atoms with van der Waals surface area (Å²) >= 11 is 0. The van der Waals surface area contributed by atoms with Crippen LogP contribution in [-0.4, -0.2) is 47.8 Å². The van der Waals surface area contributed by atoms with E-state index in [1.807, 2.05) is 4.90 Å². The van der Waals surface area contributed by atoms with Gasteiger partial charge in [0, 0.05) is 33.1 Å². The number of carbonyl (C=O) groups excluding carboxylic acids is 2. The van der Waals surface area contributed by atoms with E-state index in [2.05, 4.69) is 0 Å². The molecule has 0 aromatic rings. The predicted octanol–water partition coefficient (Wildman–Crippen LogP) is 0.0871. The van der Waals surface area contributed by atoms with E-state index in [0.717, 1.165) is 25.9 Å². The van der Waals surface area contributed by atoms with Gasteiger partial charge in [0.15, 0.2) is 0 Å². The van der Waals surface area contributed by atoms with Crippen molar-refractivity contribution in [2.75, 3.05) is 26.2 Å². The van der Waals surface area contributed by atoms with E-state index in [0.29, 0.717) is 13.1 Å². The normalized spacial score (nSPS) is 22.4. The van der Waals surface area contributed by atoms with E-state index >= 15 is 0 Å². The second-order valence-electron chi connectivity index (χ2n) is 4.15. The first-order valence-corrected chi connectivity index (χ1v) is 5.23. The molecule has 2 heterocycles. The molecule has 0 aromatic heterocycles. The zero-order valence-electron chi connectivity index (χ0n) is 8.53. The summed E-state index contributed by atoms with van der Waals surface area (Å²) < 4.78 is 0. The minimum absolute atomic E-state index is 0.0791. The van der Waals surface area contributed by atoms with Gasteiger partial charge in [0.05, 0.1) is 5.92 Å². The monoisotopic (exact) mass is 196 g/mol. The number of likely N-dealkylation sites (tertiary alicyclic amines) is 2. The van der Waals surface area contributed by atoms with E-state index < -0.39 is 0 Å². The lowest BCUT2D eigenvalue weighted by Gasteiger charge is -2.39. The number of hydrogen-bond acceptors (Lipinski definition) is 2. The molecule has 2 rings (SSSR count). The van der Waals surface area contributed by atoms with Crippen LogP contribution >= 0.6 is 0 Å². The number of rotatable bonds is 1. The van der Waals surface area contributed by atoms with Crippen molar-refractivity contribution in [2.24, 2.45) is 5.92 Å². The minimum Gasteiger partial charge on any atom is -0.342 e. The standard InChI is InChI=1S/C10H16N2O2/c1-8(13)12-6-9(7-12)10(14)11-4-2-3-5-11/h9H,2-7H2,1H3. The average molecular weight is 196 g/mol. The Morgan fingerprint density at radius 3 is 2.14 bits per heavy atom. The van der Waals surface area contributed by atoms with Crippen molar-refractivity contribution in [2.45, 2.75) is 19.8 Å². The van der Waals surface area contributed by atoms with Crippen LogP contribution in [0.4, 0.5) is 0 Å². The molecule has 4 nitrogen and oxygen atoms in total. The molecule has 2 fully saturated rings. The zero-order chi connectivity index (χ0) is 10.1. The van der Waals surface area contributed by atoms with Crippen LogP contribution < -0.4 is 0 Å². The highest BCUT2D eigenvalue weighted by Gasteiger charge is 2.36. The summed E-state index contributed by atoms with van der Waals surface area (Å²) in [7, 11) is 0. The molecular formula is C10H16N2O2. The summed E-state index contributed by atoms with van der Waals surface area (Å²) in [6, 6.07) is 0. The lowest BCUT2D eigenvalue weighted by molar-refractivity contribution is -0.146. The van der Waals surface area contributed by atoms with Crippen LogP contribution in [0.1, 0.15) is 19.8 Å². The van der Waals surface area contributed by atoms with Crippen LogP contribution in [0.3, 0.4) is 0 Å². The highest BCUT2D eigenvalue weighted by molar-refractivity contribution is 5.83. The Kier molecular flexibility index (Phi) is 2.44. The van der Waals surface area contributed by atoms with Crippen molar-refractivity contribution in [1.82, 2.24) is 9.80 Å². The van der Waals surface area contributed by atoms with Crippen LogP contribution in [0.2, 0.25) is 0 Å². The smallest absolute Gasteiger partial charge is 0.229 e. The second kappa shape index (κ2) is 3.59. The fraction of sp³-hybridized carbons (Fsp3) is 0.800. The van der Waals surface area contributed by atoms with Crippen LogP contribution in [0.5, 0.6) is 0 Å². The van der Waals surface area contributed by atoms with Gasteiger partial charge in [-0.2, -0.15) is 0 Å². The Hall–Kier alpha value is -1.06. The van der Waals surface area contributed by atoms with E-state index in [-0.39, 0.29) is 17.7 Å². The number of hydrogen-bond donors (Lipinski definition) is 0. The van der Waals surface area contributed by atoms with Crippen molar-refractivity contribution in [3.8, 4) is 0 Å². The minimum atomic E-state index is 0.0791. The van der Waals surface area contributed by atoms with Crippen LogP contribution in [0.15, 0.2) is 0 Å². The first-order chi connectivity index (χ1) is 6.68. The third-order valence-corrected chi connectivity index (χ3v) is 3.09. The summed E-state index contributed by atoms with van der Waals surface area (Å²) in [5, 5.41) is 0. The summed E-state index contributed by atoms with van der Waals surface area (Å²) in [6.45, 7) is 4.64. The van der Waals surface area contributed by atoms with Gasteiger partial charge in [-0.25, -0.2) is 0 Å². The topological polar surface area (TPSA) is 40.6 Å². The summed E-state index contributed by atoms with van der Waals surface area (Å²) in [5.74, 6) is 0.410. The van der Waals surface area contributed by atoms with Crippen molar-refractivity contribution in [3.05, 3.63) is 0 Å². The molecule has 4 heteroatoms. The summed E-state index contributed by atoms with van der Waals surface area (Å²) in [6.07, 6.45) is 2.27. The maximum Gasteiger partial charge on any atom is 0.229 e. The van der Waals surface area contributed by atoms with Gasteiger partial charge < -0.3 is 9.80 Å². The van der Waals surface area contributed by atoms with Crippen molar-refractivity contribution in [3.63, 3.8) is 0 Å². The molecule has 78 valence electrons. The highest BCUT2D eigenvalue weighted by atomic mass is 16.2. The van der Waals surface area contributed by atoms with E-state index in [9.17, 15) is 9.59 Å². The van der Waals surface area contributed by atoms with E-state index in [4.69, 9.17) is 0 Å². The van der Waals surface area contributed by atoms with Gasteiger partial charge in [0.1, 0.15) is 0 Å². The average Bonchev–Trinajstić information content (AvgIpc) is 2.51. The molecule has 0 atom stereocenters. The van der Waals surface area contributed by atoms with E-state index in [1.165, 1.54) is 0 Å². The summed E-state index contributed by atoms with van der Waals surface area (Å²) in [5.41, 5.74) is 0. The Morgan fingerprint density at radius 1 is 1.07 bits per heavy atom. The Bertz CT molecular complexity index is 253. The quantitative estimate of drug-likeness (QED) is 0.596. The Morgan fingerprint density at radius 2 is 1.64 bits per heavy atom. The van der Waals surface area contributed by atoms with Gasteiger partial charge in [0.25, 0.3) is 0 Å². The Balaban J connectivity index is 1.81. The molecule has 0 aromatic carbocycles. The molecule has 2 aliphatic rings. The third kappa shape index (κ3) is 1.61. The molecule has 0 saturated carbocycles. The number of carbonyl (C=O) groups is 2. The van der Waals surface area contributed by atoms with Crippen LogP contribution in [0.25, 0.3) is 0 Å². The maximum atomic E-state index is 11.8. The molecule has 2 amide bonds. The molecule has 0 spiro atoms. The lowest BCUT2D eigenvalue weighted by Crippen LogP contribution is -2.55. The first kappa shape index (κ1) is 9.49. The largest absolute Gasteiger partial charge is 0.342 e. The predicted molar refractivity (Wildman–Crippen MR) is 51.6 cm³/mol. The highest BCUT2D eigenvalue weighted by Crippen LogP contribution is 2.20. The molecule has 2 aliphatic heterocycles. The first-order valence-electron chi connectivity index (χ1n) is 5.23. The molecule has 0 N–H and O–H groups in total. The van der Waals surface area contributed by atoms with Crippen molar-refractivity contribution in [1.29, 1.82) is 0 Å². The molecule has 14 heavy (non-hydrogen) atoms. The maximum absolute atomic E-state index is 11.8.